The van der Waals surface area contributed by atoms with Crippen LogP contribution in [0.1, 0.15) is 29.5 Å². The molecular weight excluding hydrogens is 426 g/mol. The normalized spacial score (nSPS) is 16.5. The molecule has 0 amide bonds. The van der Waals surface area contributed by atoms with Gasteiger partial charge in [0.05, 0.1) is 5.60 Å². The summed E-state index contributed by atoms with van der Waals surface area (Å²) in [5.74, 6) is 0.898. The zero-order valence-electron chi connectivity index (χ0n) is 16.4. The third kappa shape index (κ3) is 5.27. The Hall–Kier alpha value is -2.14. The molecule has 4 heteroatoms. The predicted molar refractivity (Wildman–Crippen MR) is 120 cm³/mol. The van der Waals surface area contributed by atoms with Gasteiger partial charge in [-0.3, -0.25) is 4.90 Å². The van der Waals surface area contributed by atoms with Crippen LogP contribution in [0.2, 0.25) is 0 Å². The van der Waals surface area contributed by atoms with Gasteiger partial charge in [-0.05, 0) is 53.8 Å². The number of nitrogens with zero attached hydrogens (tertiary/aromatic N) is 1. The molecule has 1 aliphatic rings. The molecule has 3 nitrogen and oxygen atoms in total. The second-order valence-electron chi connectivity index (χ2n) is 7.74. The Morgan fingerprint density at radius 3 is 2.28 bits per heavy atom. The van der Waals surface area contributed by atoms with Gasteiger partial charge in [-0.25, -0.2) is 0 Å². The molecule has 0 radical (unpaired) electrons. The van der Waals surface area contributed by atoms with Gasteiger partial charge >= 0.3 is 0 Å². The zero-order chi connectivity index (χ0) is 20.1. The Kier molecular flexibility index (Phi) is 6.34. The number of likely N-dealkylation sites (tertiary alicyclic amines) is 1. The van der Waals surface area contributed by atoms with Crippen LogP contribution < -0.4 is 4.74 Å². The van der Waals surface area contributed by atoms with Crippen molar-refractivity contribution in [2.75, 3.05) is 13.1 Å². The van der Waals surface area contributed by atoms with Crippen LogP contribution in [0.25, 0.3) is 0 Å². The van der Waals surface area contributed by atoms with E-state index in [-0.39, 0.29) is 0 Å². The van der Waals surface area contributed by atoms with Crippen molar-refractivity contribution in [1.29, 1.82) is 0 Å². The SMILES string of the molecule is OC1(c2ccc(Br)cc2)CCN(Cc2cccc(OCc3ccccc3)c2)CC1. The Labute approximate surface area is 181 Å². The van der Waals surface area contributed by atoms with E-state index < -0.39 is 5.60 Å². The Bertz CT molecular complexity index is 919. The van der Waals surface area contributed by atoms with Crippen LogP contribution in [0.15, 0.2) is 83.3 Å². The van der Waals surface area contributed by atoms with Crippen molar-refractivity contribution in [2.24, 2.45) is 0 Å². The number of piperidine rings is 1. The molecule has 4 rings (SSSR count). The summed E-state index contributed by atoms with van der Waals surface area (Å²) in [6, 6.07) is 26.6. The van der Waals surface area contributed by atoms with Gasteiger partial charge in [0.1, 0.15) is 12.4 Å². The van der Waals surface area contributed by atoms with E-state index in [0.29, 0.717) is 6.61 Å². The van der Waals surface area contributed by atoms with Crippen LogP contribution in [-0.4, -0.2) is 23.1 Å². The van der Waals surface area contributed by atoms with Gasteiger partial charge in [0.15, 0.2) is 0 Å². The van der Waals surface area contributed by atoms with Gasteiger partial charge in [0.25, 0.3) is 0 Å². The van der Waals surface area contributed by atoms with E-state index in [1.165, 1.54) is 11.1 Å². The molecule has 1 heterocycles. The van der Waals surface area contributed by atoms with Crippen LogP contribution in [0, 0.1) is 0 Å². The lowest BCUT2D eigenvalue weighted by Gasteiger charge is -2.38. The minimum absolute atomic E-state index is 0.578. The summed E-state index contributed by atoms with van der Waals surface area (Å²) in [6.45, 7) is 3.20. The standard InChI is InChI=1S/C25H26BrNO2/c26-23-11-9-22(10-12-23)25(28)13-15-27(16-14-25)18-21-7-4-8-24(17-21)29-19-20-5-2-1-3-6-20/h1-12,17,28H,13-16,18-19H2. The first-order valence-electron chi connectivity index (χ1n) is 10.1. The third-order valence-electron chi connectivity index (χ3n) is 5.62. The minimum atomic E-state index is -0.724. The summed E-state index contributed by atoms with van der Waals surface area (Å²) in [4.78, 5) is 2.41. The monoisotopic (exact) mass is 451 g/mol. The summed E-state index contributed by atoms with van der Waals surface area (Å²) in [5.41, 5.74) is 2.69. The van der Waals surface area contributed by atoms with Crippen LogP contribution in [0.5, 0.6) is 5.75 Å². The topological polar surface area (TPSA) is 32.7 Å². The molecule has 0 saturated carbocycles. The average molecular weight is 452 g/mol. The first kappa shape index (κ1) is 20.1. The highest BCUT2D eigenvalue weighted by Crippen LogP contribution is 2.34. The Morgan fingerprint density at radius 1 is 0.862 bits per heavy atom. The maximum Gasteiger partial charge on any atom is 0.120 e. The van der Waals surface area contributed by atoms with Crippen LogP contribution >= 0.6 is 15.9 Å². The summed E-state index contributed by atoms with van der Waals surface area (Å²) in [6.07, 6.45) is 1.50. The van der Waals surface area contributed by atoms with Gasteiger partial charge in [0, 0.05) is 24.1 Å². The molecule has 1 fully saturated rings. The summed E-state index contributed by atoms with van der Waals surface area (Å²) in [5, 5.41) is 11.1. The fourth-order valence-corrected chi connectivity index (χ4v) is 4.13. The highest BCUT2D eigenvalue weighted by atomic mass is 79.9. The number of ether oxygens (including phenoxy) is 1. The van der Waals surface area contributed by atoms with E-state index in [1.807, 2.05) is 48.5 Å². The second-order valence-corrected chi connectivity index (χ2v) is 8.65. The number of benzene rings is 3. The lowest BCUT2D eigenvalue weighted by atomic mass is 9.84. The van der Waals surface area contributed by atoms with Crippen molar-refractivity contribution >= 4 is 15.9 Å². The highest BCUT2D eigenvalue weighted by molar-refractivity contribution is 9.10. The third-order valence-corrected chi connectivity index (χ3v) is 6.15. The number of aliphatic hydroxyl groups is 1. The highest BCUT2D eigenvalue weighted by Gasteiger charge is 2.33. The summed E-state index contributed by atoms with van der Waals surface area (Å²) in [7, 11) is 0. The first-order chi connectivity index (χ1) is 14.1. The molecule has 3 aromatic rings. The molecule has 1 aliphatic heterocycles. The number of halogens is 1. The van der Waals surface area contributed by atoms with Crippen molar-refractivity contribution < 1.29 is 9.84 Å². The second kappa shape index (κ2) is 9.12. The number of hydrogen-bond donors (Lipinski definition) is 1. The largest absolute Gasteiger partial charge is 0.489 e. The fourth-order valence-electron chi connectivity index (χ4n) is 3.86. The quantitative estimate of drug-likeness (QED) is 0.535. The molecular formula is C25H26BrNO2. The van der Waals surface area contributed by atoms with E-state index in [9.17, 15) is 5.11 Å². The number of rotatable bonds is 6. The molecule has 150 valence electrons. The smallest absolute Gasteiger partial charge is 0.120 e. The van der Waals surface area contributed by atoms with E-state index >= 15 is 0 Å². The Morgan fingerprint density at radius 2 is 1.55 bits per heavy atom. The van der Waals surface area contributed by atoms with Gasteiger partial charge in [-0.1, -0.05) is 70.5 Å². The maximum absolute atomic E-state index is 11.1. The zero-order valence-corrected chi connectivity index (χ0v) is 18.0. The van der Waals surface area contributed by atoms with E-state index in [1.54, 1.807) is 0 Å². The molecule has 0 aliphatic carbocycles. The molecule has 29 heavy (non-hydrogen) atoms. The lowest BCUT2D eigenvalue weighted by molar-refractivity contribution is -0.0277. The Balaban J connectivity index is 1.33. The fraction of sp³-hybridized carbons (Fsp3) is 0.280. The van der Waals surface area contributed by atoms with Crippen molar-refractivity contribution in [3.63, 3.8) is 0 Å². The minimum Gasteiger partial charge on any atom is -0.489 e. The van der Waals surface area contributed by atoms with Crippen LogP contribution in [-0.2, 0) is 18.8 Å². The van der Waals surface area contributed by atoms with Crippen molar-refractivity contribution in [1.82, 2.24) is 4.90 Å². The van der Waals surface area contributed by atoms with Crippen LogP contribution in [0.4, 0.5) is 0 Å². The summed E-state index contributed by atoms with van der Waals surface area (Å²) >= 11 is 3.46. The van der Waals surface area contributed by atoms with Crippen molar-refractivity contribution in [3.8, 4) is 5.75 Å². The summed E-state index contributed by atoms with van der Waals surface area (Å²) < 4.78 is 7.00. The molecule has 1 saturated heterocycles. The van der Waals surface area contributed by atoms with E-state index in [4.69, 9.17) is 4.74 Å². The van der Waals surface area contributed by atoms with Gasteiger partial charge < -0.3 is 9.84 Å². The molecule has 0 atom stereocenters. The van der Waals surface area contributed by atoms with Crippen molar-refractivity contribution in [2.45, 2.75) is 31.6 Å². The molecule has 0 bridgehead atoms. The van der Waals surface area contributed by atoms with E-state index in [2.05, 4.69) is 51.2 Å². The first-order valence-corrected chi connectivity index (χ1v) is 10.9. The molecule has 3 aromatic carbocycles. The van der Waals surface area contributed by atoms with E-state index in [0.717, 1.165) is 48.3 Å². The van der Waals surface area contributed by atoms with Crippen molar-refractivity contribution in [3.05, 3.63) is 100 Å². The number of hydrogen-bond acceptors (Lipinski definition) is 3. The van der Waals surface area contributed by atoms with Gasteiger partial charge in [-0.2, -0.15) is 0 Å². The predicted octanol–water partition coefficient (Wildman–Crippen LogP) is 5.51. The molecule has 0 spiro atoms. The van der Waals surface area contributed by atoms with Gasteiger partial charge in [-0.15, -0.1) is 0 Å². The maximum atomic E-state index is 11.1. The molecule has 0 unspecified atom stereocenters. The average Bonchev–Trinajstić information content (AvgIpc) is 2.75. The van der Waals surface area contributed by atoms with Crippen LogP contribution in [0.3, 0.4) is 0 Å². The molecule has 1 N–H and O–H groups in total. The molecule has 0 aromatic heterocycles. The van der Waals surface area contributed by atoms with Gasteiger partial charge in [0.2, 0.25) is 0 Å². The lowest BCUT2D eigenvalue weighted by Crippen LogP contribution is -2.42.